The molecule has 2 heterocycles. The first-order valence-corrected chi connectivity index (χ1v) is 9.91. The van der Waals surface area contributed by atoms with E-state index < -0.39 is 15.4 Å². The summed E-state index contributed by atoms with van der Waals surface area (Å²) in [5.74, 6) is -0.684. The molecule has 7 heteroatoms. The highest BCUT2D eigenvalue weighted by atomic mass is 32.2. The first-order valence-electron chi connectivity index (χ1n) is 8.09. The number of nitrogens with zero attached hydrogens (tertiary/aromatic N) is 1. The van der Waals surface area contributed by atoms with Crippen molar-refractivity contribution in [3.8, 4) is 5.69 Å². The Kier molecular flexibility index (Phi) is 4.23. The smallest absolute Gasteiger partial charge is 0.253 e. The molecule has 1 N–H and O–H groups in total. The van der Waals surface area contributed by atoms with Gasteiger partial charge in [0.15, 0.2) is 9.84 Å². The summed E-state index contributed by atoms with van der Waals surface area (Å²) in [7, 11) is -3.11. The van der Waals surface area contributed by atoms with Crippen molar-refractivity contribution >= 4 is 15.7 Å². The first-order chi connectivity index (χ1) is 11.6. The Morgan fingerprint density at radius 3 is 2.56 bits per heavy atom. The van der Waals surface area contributed by atoms with Crippen LogP contribution in [0.3, 0.4) is 0 Å². The van der Waals surface area contributed by atoms with Gasteiger partial charge < -0.3 is 9.88 Å². The lowest BCUT2D eigenvalue weighted by Gasteiger charge is -2.23. The molecule has 0 saturated carbocycles. The fourth-order valence-electron chi connectivity index (χ4n) is 3.45. The van der Waals surface area contributed by atoms with Crippen molar-refractivity contribution in [2.45, 2.75) is 32.7 Å². The van der Waals surface area contributed by atoms with Gasteiger partial charge in [-0.05, 0) is 45.4 Å². The SMILES string of the molecule is Cc1cc(C(=O)N[C@@]2(C)CCS(=O)(=O)C2)c(C)n1-c1ccccc1F. The maximum absolute atomic E-state index is 14.1. The van der Waals surface area contributed by atoms with Gasteiger partial charge in [0.1, 0.15) is 5.82 Å². The van der Waals surface area contributed by atoms with Crippen LogP contribution in [-0.2, 0) is 9.84 Å². The van der Waals surface area contributed by atoms with Gasteiger partial charge in [-0.1, -0.05) is 12.1 Å². The van der Waals surface area contributed by atoms with Crippen molar-refractivity contribution in [1.82, 2.24) is 9.88 Å². The molecule has 25 heavy (non-hydrogen) atoms. The van der Waals surface area contributed by atoms with Crippen LogP contribution in [0.15, 0.2) is 30.3 Å². The van der Waals surface area contributed by atoms with E-state index in [0.29, 0.717) is 23.4 Å². The average molecular weight is 364 g/mol. The summed E-state index contributed by atoms with van der Waals surface area (Å²) in [6, 6.07) is 8.08. The summed E-state index contributed by atoms with van der Waals surface area (Å²) in [4.78, 5) is 12.7. The van der Waals surface area contributed by atoms with E-state index in [4.69, 9.17) is 0 Å². The van der Waals surface area contributed by atoms with Crippen LogP contribution in [-0.4, -0.2) is 35.9 Å². The molecule has 0 aliphatic carbocycles. The normalized spacial score (nSPS) is 22.1. The molecule has 1 atom stereocenters. The number of hydrogen-bond donors (Lipinski definition) is 1. The molecule has 1 fully saturated rings. The van der Waals surface area contributed by atoms with Crippen LogP contribution in [0.5, 0.6) is 0 Å². The molecule has 0 unspecified atom stereocenters. The third kappa shape index (κ3) is 3.33. The van der Waals surface area contributed by atoms with E-state index in [2.05, 4.69) is 5.32 Å². The number of sulfone groups is 1. The van der Waals surface area contributed by atoms with Gasteiger partial charge in [0.05, 0.1) is 28.3 Å². The average Bonchev–Trinajstić information content (AvgIpc) is 2.96. The molecule has 1 saturated heterocycles. The molecule has 0 spiro atoms. The number of nitrogens with one attached hydrogen (secondary N) is 1. The highest BCUT2D eigenvalue weighted by Crippen LogP contribution is 2.26. The van der Waals surface area contributed by atoms with Gasteiger partial charge in [-0.25, -0.2) is 12.8 Å². The molecule has 3 rings (SSSR count). The second kappa shape index (κ2) is 5.98. The summed E-state index contributed by atoms with van der Waals surface area (Å²) in [6.07, 6.45) is 0.396. The Labute approximate surface area is 146 Å². The molecule has 2 aromatic rings. The Morgan fingerprint density at radius 1 is 1.28 bits per heavy atom. The summed E-state index contributed by atoms with van der Waals surface area (Å²) in [6.45, 7) is 5.30. The van der Waals surface area contributed by atoms with Gasteiger partial charge in [0.2, 0.25) is 0 Å². The number of carbonyl (C=O) groups is 1. The predicted molar refractivity (Wildman–Crippen MR) is 94.3 cm³/mol. The molecule has 5 nitrogen and oxygen atoms in total. The van der Waals surface area contributed by atoms with Crippen LogP contribution in [0.1, 0.15) is 35.1 Å². The maximum atomic E-state index is 14.1. The number of hydrogen-bond acceptors (Lipinski definition) is 3. The minimum Gasteiger partial charge on any atom is -0.346 e. The zero-order valence-electron chi connectivity index (χ0n) is 14.5. The summed E-state index contributed by atoms with van der Waals surface area (Å²) in [5, 5.41) is 2.85. The largest absolute Gasteiger partial charge is 0.346 e. The van der Waals surface area contributed by atoms with Gasteiger partial charge in [-0.15, -0.1) is 0 Å². The fourth-order valence-corrected chi connectivity index (χ4v) is 5.54. The lowest BCUT2D eigenvalue weighted by Crippen LogP contribution is -2.47. The molecule has 1 amide bonds. The maximum Gasteiger partial charge on any atom is 0.253 e. The molecule has 1 aliphatic heterocycles. The third-order valence-corrected chi connectivity index (χ3v) is 6.59. The second-order valence-corrected chi connectivity index (χ2v) is 9.11. The monoisotopic (exact) mass is 364 g/mol. The number of aromatic nitrogens is 1. The molecule has 1 aliphatic rings. The predicted octanol–water partition coefficient (Wildman–Crippen LogP) is 2.54. The number of amides is 1. The van der Waals surface area contributed by atoms with Crippen LogP contribution in [0.4, 0.5) is 4.39 Å². The van der Waals surface area contributed by atoms with Crippen LogP contribution in [0.25, 0.3) is 5.69 Å². The molecule has 1 aromatic heterocycles. The lowest BCUT2D eigenvalue weighted by molar-refractivity contribution is 0.0914. The number of aryl methyl sites for hydroxylation is 1. The summed E-state index contributed by atoms with van der Waals surface area (Å²) in [5.41, 5.74) is 1.38. The van der Waals surface area contributed by atoms with Crippen LogP contribution < -0.4 is 5.32 Å². The Bertz CT molecular complexity index is 949. The fraction of sp³-hybridized carbons (Fsp3) is 0.389. The molecule has 1 aromatic carbocycles. The minimum absolute atomic E-state index is 0.0577. The number of benzene rings is 1. The summed E-state index contributed by atoms with van der Waals surface area (Å²) >= 11 is 0. The van der Waals surface area contributed by atoms with Gasteiger partial charge in [0, 0.05) is 11.4 Å². The molecule has 0 radical (unpaired) electrons. The van der Waals surface area contributed by atoms with E-state index in [1.54, 1.807) is 49.6 Å². The first kappa shape index (κ1) is 17.7. The third-order valence-electron chi connectivity index (χ3n) is 4.69. The summed E-state index contributed by atoms with van der Waals surface area (Å²) < 4.78 is 39.3. The zero-order chi connectivity index (χ0) is 18.4. The van der Waals surface area contributed by atoms with Crippen molar-refractivity contribution in [2.24, 2.45) is 0 Å². The zero-order valence-corrected chi connectivity index (χ0v) is 15.3. The van der Waals surface area contributed by atoms with Crippen molar-refractivity contribution in [2.75, 3.05) is 11.5 Å². The van der Waals surface area contributed by atoms with Gasteiger partial charge >= 0.3 is 0 Å². The lowest BCUT2D eigenvalue weighted by atomic mass is 10.0. The minimum atomic E-state index is -3.11. The molecular weight excluding hydrogens is 343 g/mol. The van der Waals surface area contributed by atoms with E-state index in [1.165, 1.54) is 6.07 Å². The highest BCUT2D eigenvalue weighted by molar-refractivity contribution is 7.91. The van der Waals surface area contributed by atoms with Gasteiger partial charge in [-0.3, -0.25) is 4.79 Å². The van der Waals surface area contributed by atoms with Crippen molar-refractivity contribution in [3.05, 3.63) is 53.1 Å². The van der Waals surface area contributed by atoms with E-state index in [1.807, 2.05) is 0 Å². The molecule has 0 bridgehead atoms. The van der Waals surface area contributed by atoms with E-state index >= 15 is 0 Å². The molecule has 134 valence electrons. The Balaban J connectivity index is 1.93. The van der Waals surface area contributed by atoms with Crippen molar-refractivity contribution < 1.29 is 17.6 Å². The van der Waals surface area contributed by atoms with E-state index in [-0.39, 0.29) is 23.2 Å². The van der Waals surface area contributed by atoms with E-state index in [9.17, 15) is 17.6 Å². The quantitative estimate of drug-likeness (QED) is 0.910. The number of rotatable bonds is 3. The van der Waals surface area contributed by atoms with Gasteiger partial charge in [-0.2, -0.15) is 0 Å². The number of para-hydroxylation sites is 1. The standard InChI is InChI=1S/C18H21FN2O3S/c1-12-10-14(13(2)21(12)16-7-5-4-6-15(16)19)17(22)20-18(3)8-9-25(23,24)11-18/h4-7,10H,8-9,11H2,1-3H3,(H,20,22)/t18-/m0/s1. The van der Waals surface area contributed by atoms with E-state index in [0.717, 1.165) is 5.69 Å². The Hall–Kier alpha value is -2.15. The van der Waals surface area contributed by atoms with Crippen molar-refractivity contribution in [3.63, 3.8) is 0 Å². The topological polar surface area (TPSA) is 68.2 Å². The second-order valence-electron chi connectivity index (χ2n) is 6.93. The van der Waals surface area contributed by atoms with Crippen LogP contribution in [0.2, 0.25) is 0 Å². The molecular formula is C18H21FN2O3S. The van der Waals surface area contributed by atoms with Crippen molar-refractivity contribution in [1.29, 1.82) is 0 Å². The Morgan fingerprint density at radius 2 is 1.96 bits per heavy atom. The number of halogens is 1. The van der Waals surface area contributed by atoms with Crippen LogP contribution >= 0.6 is 0 Å². The van der Waals surface area contributed by atoms with Crippen LogP contribution in [0, 0.1) is 19.7 Å². The van der Waals surface area contributed by atoms with Gasteiger partial charge in [0.25, 0.3) is 5.91 Å². The highest BCUT2D eigenvalue weighted by Gasteiger charge is 2.40. The number of carbonyl (C=O) groups excluding carboxylic acids is 1.